The molecule has 0 saturated heterocycles. The fourth-order valence-electron chi connectivity index (χ4n) is 1.67. The van der Waals surface area contributed by atoms with Crippen LogP contribution < -0.4 is 11.5 Å². The summed E-state index contributed by atoms with van der Waals surface area (Å²) in [6.07, 6.45) is 0.990. The third-order valence-electron chi connectivity index (χ3n) is 2.71. The monoisotopic (exact) mass is 276 g/mol. The van der Waals surface area contributed by atoms with Crippen LogP contribution in [-0.2, 0) is 17.8 Å². The quantitative estimate of drug-likeness (QED) is 0.665. The number of rotatable bonds is 4. The number of carbonyl (C=O) groups is 1. The Labute approximate surface area is 116 Å². The summed E-state index contributed by atoms with van der Waals surface area (Å²) in [5.41, 5.74) is 12.5. The fraction of sp³-hybridized carbons (Fsp3) is 0.214. The SMILES string of the molecule is CCc1ccc(COC(=O)c2ccc(N)cc2N)s1. The maximum Gasteiger partial charge on any atom is 0.340 e. The number of anilines is 2. The van der Waals surface area contributed by atoms with E-state index in [1.165, 1.54) is 4.88 Å². The van der Waals surface area contributed by atoms with Gasteiger partial charge in [0.1, 0.15) is 6.61 Å². The van der Waals surface area contributed by atoms with Crippen molar-refractivity contribution in [3.63, 3.8) is 0 Å². The number of hydrogen-bond acceptors (Lipinski definition) is 5. The highest BCUT2D eigenvalue weighted by molar-refractivity contribution is 7.11. The van der Waals surface area contributed by atoms with Crippen LogP contribution in [0.2, 0.25) is 0 Å². The van der Waals surface area contributed by atoms with E-state index < -0.39 is 5.97 Å². The molecule has 2 aromatic rings. The molecule has 0 atom stereocenters. The molecule has 0 radical (unpaired) electrons. The second-order valence-corrected chi connectivity index (χ2v) is 5.40. The summed E-state index contributed by atoms with van der Waals surface area (Å²) in [5, 5.41) is 0. The normalized spacial score (nSPS) is 10.4. The Morgan fingerprint density at radius 1 is 1.21 bits per heavy atom. The van der Waals surface area contributed by atoms with E-state index in [0.717, 1.165) is 11.3 Å². The third kappa shape index (κ3) is 3.26. The van der Waals surface area contributed by atoms with Gasteiger partial charge in [0.05, 0.1) is 5.56 Å². The minimum atomic E-state index is -0.427. The van der Waals surface area contributed by atoms with Crippen LogP contribution in [0.1, 0.15) is 27.0 Å². The molecule has 2 rings (SSSR count). The van der Waals surface area contributed by atoms with Gasteiger partial charge in [0.25, 0.3) is 0 Å². The lowest BCUT2D eigenvalue weighted by atomic mass is 10.1. The molecule has 0 bridgehead atoms. The maximum absolute atomic E-state index is 11.9. The minimum absolute atomic E-state index is 0.271. The molecule has 0 unspecified atom stereocenters. The largest absolute Gasteiger partial charge is 0.456 e. The van der Waals surface area contributed by atoms with E-state index in [9.17, 15) is 4.79 Å². The standard InChI is InChI=1S/C14H16N2O2S/c1-2-10-4-5-11(19-10)8-18-14(17)12-6-3-9(15)7-13(12)16/h3-7H,2,8,15-16H2,1H3. The van der Waals surface area contributed by atoms with Crippen molar-refractivity contribution in [3.8, 4) is 0 Å². The molecular weight excluding hydrogens is 260 g/mol. The Morgan fingerprint density at radius 2 is 1.95 bits per heavy atom. The number of aryl methyl sites for hydroxylation is 1. The molecule has 0 saturated carbocycles. The lowest BCUT2D eigenvalue weighted by molar-refractivity contribution is 0.0478. The highest BCUT2D eigenvalue weighted by Gasteiger charge is 2.12. The number of hydrogen-bond donors (Lipinski definition) is 2. The van der Waals surface area contributed by atoms with Gasteiger partial charge in [-0.25, -0.2) is 4.79 Å². The van der Waals surface area contributed by atoms with Crippen LogP contribution in [0.5, 0.6) is 0 Å². The van der Waals surface area contributed by atoms with Gasteiger partial charge in [-0.1, -0.05) is 6.92 Å². The molecule has 0 fully saturated rings. The lowest BCUT2D eigenvalue weighted by Gasteiger charge is -2.06. The van der Waals surface area contributed by atoms with Gasteiger partial charge in [-0.15, -0.1) is 11.3 Å². The van der Waals surface area contributed by atoms with Gasteiger partial charge in [-0.3, -0.25) is 0 Å². The van der Waals surface area contributed by atoms with Crippen molar-refractivity contribution in [1.82, 2.24) is 0 Å². The average Bonchev–Trinajstić information content (AvgIpc) is 2.84. The fourth-order valence-corrected chi connectivity index (χ4v) is 2.54. The summed E-state index contributed by atoms with van der Waals surface area (Å²) in [6, 6.07) is 8.79. The Kier molecular flexibility index (Phi) is 4.06. The average molecular weight is 276 g/mol. The van der Waals surface area contributed by atoms with Gasteiger partial charge >= 0.3 is 5.97 Å². The van der Waals surface area contributed by atoms with Crippen molar-refractivity contribution in [2.45, 2.75) is 20.0 Å². The van der Waals surface area contributed by atoms with Crippen molar-refractivity contribution < 1.29 is 9.53 Å². The zero-order valence-electron chi connectivity index (χ0n) is 10.7. The maximum atomic E-state index is 11.9. The van der Waals surface area contributed by atoms with Crippen molar-refractivity contribution in [2.75, 3.05) is 11.5 Å². The van der Waals surface area contributed by atoms with Crippen LogP contribution in [0.4, 0.5) is 11.4 Å². The second kappa shape index (κ2) is 5.75. The number of ether oxygens (including phenoxy) is 1. The van der Waals surface area contributed by atoms with Gasteiger partial charge < -0.3 is 16.2 Å². The van der Waals surface area contributed by atoms with E-state index in [1.54, 1.807) is 29.5 Å². The van der Waals surface area contributed by atoms with E-state index >= 15 is 0 Å². The Bertz CT molecular complexity index is 593. The Hall–Kier alpha value is -2.01. The molecule has 0 aliphatic rings. The second-order valence-electron chi connectivity index (χ2n) is 4.14. The molecule has 4 N–H and O–H groups in total. The highest BCUT2D eigenvalue weighted by Crippen LogP contribution is 2.20. The van der Waals surface area contributed by atoms with Gasteiger partial charge in [0, 0.05) is 21.1 Å². The van der Waals surface area contributed by atoms with Crippen LogP contribution in [0.15, 0.2) is 30.3 Å². The predicted octanol–water partition coefficient (Wildman–Crippen LogP) is 2.83. The molecule has 0 amide bonds. The molecule has 0 spiro atoms. The lowest BCUT2D eigenvalue weighted by Crippen LogP contribution is -2.08. The summed E-state index contributed by atoms with van der Waals surface area (Å²) < 4.78 is 5.24. The van der Waals surface area contributed by atoms with Crippen molar-refractivity contribution in [1.29, 1.82) is 0 Å². The van der Waals surface area contributed by atoms with E-state index in [4.69, 9.17) is 16.2 Å². The van der Waals surface area contributed by atoms with Gasteiger partial charge in [0.2, 0.25) is 0 Å². The third-order valence-corrected chi connectivity index (χ3v) is 3.91. The first-order valence-corrected chi connectivity index (χ1v) is 6.81. The van der Waals surface area contributed by atoms with Gasteiger partial charge in [-0.2, -0.15) is 0 Å². The number of thiophene rings is 1. The number of esters is 1. The summed E-state index contributed by atoms with van der Waals surface area (Å²) >= 11 is 1.65. The van der Waals surface area contributed by atoms with E-state index in [-0.39, 0.29) is 6.61 Å². The first kappa shape index (κ1) is 13.4. The molecule has 1 aromatic heterocycles. The molecule has 1 heterocycles. The van der Waals surface area contributed by atoms with Crippen LogP contribution in [0.3, 0.4) is 0 Å². The van der Waals surface area contributed by atoms with Crippen LogP contribution in [0, 0.1) is 0 Å². The summed E-state index contributed by atoms with van der Waals surface area (Å²) in [4.78, 5) is 14.2. The zero-order chi connectivity index (χ0) is 13.8. The Morgan fingerprint density at radius 3 is 2.58 bits per heavy atom. The number of benzene rings is 1. The summed E-state index contributed by atoms with van der Waals surface area (Å²) in [7, 11) is 0. The zero-order valence-corrected chi connectivity index (χ0v) is 11.5. The molecule has 5 heteroatoms. The van der Waals surface area contributed by atoms with Crippen molar-refractivity contribution in [3.05, 3.63) is 45.6 Å². The van der Waals surface area contributed by atoms with Gasteiger partial charge in [-0.05, 0) is 36.8 Å². The van der Waals surface area contributed by atoms with Crippen LogP contribution in [0.25, 0.3) is 0 Å². The number of carbonyl (C=O) groups excluding carboxylic acids is 1. The number of nitrogens with two attached hydrogens (primary N) is 2. The molecule has 19 heavy (non-hydrogen) atoms. The smallest absolute Gasteiger partial charge is 0.340 e. The predicted molar refractivity (Wildman–Crippen MR) is 78.1 cm³/mol. The van der Waals surface area contributed by atoms with Crippen molar-refractivity contribution in [2.24, 2.45) is 0 Å². The molecule has 4 nitrogen and oxygen atoms in total. The van der Waals surface area contributed by atoms with E-state index in [0.29, 0.717) is 16.9 Å². The van der Waals surface area contributed by atoms with Crippen molar-refractivity contribution >= 4 is 28.7 Å². The summed E-state index contributed by atoms with van der Waals surface area (Å²) in [6.45, 7) is 2.37. The molecule has 100 valence electrons. The van der Waals surface area contributed by atoms with E-state index in [1.807, 2.05) is 12.1 Å². The first-order chi connectivity index (χ1) is 9.10. The van der Waals surface area contributed by atoms with E-state index in [2.05, 4.69) is 6.92 Å². The number of nitrogen functional groups attached to an aromatic ring is 2. The van der Waals surface area contributed by atoms with Crippen LogP contribution >= 0.6 is 11.3 Å². The molecule has 0 aliphatic carbocycles. The molecule has 0 aliphatic heterocycles. The van der Waals surface area contributed by atoms with Gasteiger partial charge in [0.15, 0.2) is 0 Å². The molecule has 1 aromatic carbocycles. The highest BCUT2D eigenvalue weighted by atomic mass is 32.1. The van der Waals surface area contributed by atoms with Crippen LogP contribution in [-0.4, -0.2) is 5.97 Å². The molecular formula is C14H16N2O2S. The Balaban J connectivity index is 2.01. The topological polar surface area (TPSA) is 78.3 Å². The minimum Gasteiger partial charge on any atom is -0.456 e. The summed E-state index contributed by atoms with van der Waals surface area (Å²) in [5.74, 6) is -0.427. The first-order valence-electron chi connectivity index (χ1n) is 6.00.